The highest BCUT2D eigenvalue weighted by molar-refractivity contribution is 7.11. The second-order valence-electron chi connectivity index (χ2n) is 5.60. The standard InChI is InChI=1S/C13H19N5OS2.ClH/c1-13(2,3)12-18-17-10(21-12)6-15-11(19)8-7-20-9(16-8)4-5-14;/h7H,4-6,14H2,1-3H3,(H,15,19);1H. The maximum Gasteiger partial charge on any atom is 0.271 e. The van der Waals surface area contributed by atoms with Gasteiger partial charge in [-0.15, -0.1) is 33.9 Å². The number of hydrogen-bond donors (Lipinski definition) is 2. The van der Waals surface area contributed by atoms with Crippen molar-refractivity contribution in [3.63, 3.8) is 0 Å². The van der Waals surface area contributed by atoms with Crippen LogP contribution in [0.25, 0.3) is 0 Å². The van der Waals surface area contributed by atoms with Gasteiger partial charge in [0.25, 0.3) is 5.91 Å². The fourth-order valence-corrected chi connectivity index (χ4v) is 3.16. The number of carbonyl (C=O) groups excluding carboxylic acids is 1. The van der Waals surface area contributed by atoms with Gasteiger partial charge in [0.2, 0.25) is 0 Å². The van der Waals surface area contributed by atoms with Crippen LogP contribution < -0.4 is 11.1 Å². The molecule has 0 spiro atoms. The first-order valence-electron chi connectivity index (χ1n) is 6.65. The van der Waals surface area contributed by atoms with Gasteiger partial charge in [-0.1, -0.05) is 32.1 Å². The molecule has 1 amide bonds. The smallest absolute Gasteiger partial charge is 0.271 e. The van der Waals surface area contributed by atoms with Crippen molar-refractivity contribution in [3.8, 4) is 0 Å². The van der Waals surface area contributed by atoms with Crippen molar-refractivity contribution in [1.82, 2.24) is 20.5 Å². The fourth-order valence-electron chi connectivity index (χ4n) is 1.53. The zero-order valence-corrected chi connectivity index (χ0v) is 15.2. The van der Waals surface area contributed by atoms with Gasteiger partial charge in [-0.2, -0.15) is 0 Å². The molecular formula is C13H20ClN5OS2. The Balaban J connectivity index is 0.00000242. The van der Waals surface area contributed by atoms with Crippen LogP contribution in [0.2, 0.25) is 0 Å². The van der Waals surface area contributed by atoms with Crippen molar-refractivity contribution < 1.29 is 4.79 Å². The van der Waals surface area contributed by atoms with Crippen LogP contribution in [0.1, 0.15) is 46.3 Å². The van der Waals surface area contributed by atoms with Gasteiger partial charge in [0.15, 0.2) is 0 Å². The van der Waals surface area contributed by atoms with Crippen molar-refractivity contribution in [2.45, 2.75) is 39.2 Å². The van der Waals surface area contributed by atoms with E-state index in [2.05, 4.69) is 41.3 Å². The van der Waals surface area contributed by atoms with Crippen molar-refractivity contribution in [3.05, 3.63) is 26.1 Å². The maximum atomic E-state index is 12.0. The topological polar surface area (TPSA) is 93.8 Å². The number of aromatic nitrogens is 3. The summed E-state index contributed by atoms with van der Waals surface area (Å²) >= 11 is 2.97. The van der Waals surface area contributed by atoms with Crippen LogP contribution in [-0.4, -0.2) is 27.6 Å². The van der Waals surface area contributed by atoms with E-state index >= 15 is 0 Å². The summed E-state index contributed by atoms with van der Waals surface area (Å²) in [6.07, 6.45) is 0.698. The number of thiazole rings is 1. The molecular weight excluding hydrogens is 342 g/mol. The van der Waals surface area contributed by atoms with E-state index in [1.54, 1.807) is 5.38 Å². The number of carbonyl (C=O) groups is 1. The van der Waals surface area contributed by atoms with Gasteiger partial charge in [0.05, 0.1) is 11.6 Å². The predicted molar refractivity (Wildman–Crippen MR) is 91.9 cm³/mol. The lowest BCUT2D eigenvalue weighted by Crippen LogP contribution is -2.23. The van der Waals surface area contributed by atoms with Crippen molar-refractivity contribution in [1.29, 1.82) is 0 Å². The minimum atomic E-state index is -0.193. The zero-order chi connectivity index (χ0) is 15.5. The monoisotopic (exact) mass is 361 g/mol. The molecule has 0 aliphatic heterocycles. The summed E-state index contributed by atoms with van der Waals surface area (Å²) in [5.74, 6) is -0.193. The van der Waals surface area contributed by atoms with Gasteiger partial charge in [-0.25, -0.2) is 4.98 Å². The lowest BCUT2D eigenvalue weighted by atomic mass is 9.98. The zero-order valence-electron chi connectivity index (χ0n) is 12.8. The largest absolute Gasteiger partial charge is 0.344 e. The third-order valence-corrected chi connectivity index (χ3v) is 4.91. The van der Waals surface area contributed by atoms with E-state index in [0.717, 1.165) is 15.0 Å². The molecule has 2 heterocycles. The summed E-state index contributed by atoms with van der Waals surface area (Å²) in [7, 11) is 0. The number of nitrogens with zero attached hydrogens (tertiary/aromatic N) is 3. The lowest BCUT2D eigenvalue weighted by molar-refractivity contribution is 0.0946. The summed E-state index contributed by atoms with van der Waals surface area (Å²) in [5.41, 5.74) is 5.88. The first-order valence-corrected chi connectivity index (χ1v) is 8.35. The van der Waals surface area contributed by atoms with Crippen LogP contribution in [0.3, 0.4) is 0 Å². The number of nitrogens with one attached hydrogen (secondary N) is 1. The third kappa shape index (κ3) is 4.98. The van der Waals surface area contributed by atoms with Gasteiger partial charge < -0.3 is 11.1 Å². The Morgan fingerprint density at radius 2 is 2.05 bits per heavy atom. The van der Waals surface area contributed by atoms with Crippen molar-refractivity contribution in [2.75, 3.05) is 6.54 Å². The highest BCUT2D eigenvalue weighted by Crippen LogP contribution is 2.25. The summed E-state index contributed by atoms with van der Waals surface area (Å²) in [6, 6.07) is 0. The molecule has 0 fully saturated rings. The van der Waals surface area contributed by atoms with Crippen LogP contribution in [-0.2, 0) is 18.4 Å². The molecule has 0 saturated heterocycles. The summed E-state index contributed by atoms with van der Waals surface area (Å²) < 4.78 is 0. The first-order chi connectivity index (χ1) is 9.90. The molecule has 9 heteroatoms. The second-order valence-corrected chi connectivity index (χ2v) is 7.60. The lowest BCUT2D eigenvalue weighted by Gasteiger charge is -2.12. The SMILES string of the molecule is CC(C)(C)c1nnc(CNC(=O)c2csc(CCN)n2)s1.Cl. The average molecular weight is 362 g/mol. The predicted octanol–water partition coefficient (Wildman–Crippen LogP) is 2.15. The Bertz CT molecular complexity index is 620. The molecule has 0 aliphatic carbocycles. The molecule has 0 atom stereocenters. The van der Waals surface area contributed by atoms with Gasteiger partial charge in [-0.3, -0.25) is 4.79 Å². The number of hydrogen-bond acceptors (Lipinski definition) is 7. The Labute approximate surface area is 144 Å². The Morgan fingerprint density at radius 1 is 1.32 bits per heavy atom. The van der Waals surface area contributed by atoms with Gasteiger partial charge in [0, 0.05) is 17.2 Å². The van der Waals surface area contributed by atoms with E-state index in [-0.39, 0.29) is 23.7 Å². The van der Waals surface area contributed by atoms with Crippen LogP contribution in [0.15, 0.2) is 5.38 Å². The van der Waals surface area contributed by atoms with Crippen molar-refractivity contribution in [2.24, 2.45) is 5.73 Å². The summed E-state index contributed by atoms with van der Waals surface area (Å²) in [6.45, 7) is 7.17. The normalized spacial score (nSPS) is 11.1. The Morgan fingerprint density at radius 3 is 2.64 bits per heavy atom. The molecule has 2 aromatic heterocycles. The fraction of sp³-hybridized carbons (Fsp3) is 0.538. The molecule has 0 bridgehead atoms. The number of rotatable bonds is 5. The molecule has 0 unspecified atom stereocenters. The van der Waals surface area contributed by atoms with Crippen molar-refractivity contribution >= 4 is 41.0 Å². The molecule has 3 N–H and O–H groups in total. The van der Waals surface area contributed by atoms with E-state index in [1.807, 2.05) is 0 Å². The summed E-state index contributed by atoms with van der Waals surface area (Å²) in [4.78, 5) is 16.2. The van der Waals surface area contributed by atoms with E-state index in [4.69, 9.17) is 5.73 Å². The average Bonchev–Trinajstić information content (AvgIpc) is 3.04. The molecule has 6 nitrogen and oxygen atoms in total. The highest BCUT2D eigenvalue weighted by Gasteiger charge is 2.19. The van der Waals surface area contributed by atoms with Crippen LogP contribution in [0.5, 0.6) is 0 Å². The van der Waals surface area contributed by atoms with Crippen LogP contribution in [0, 0.1) is 0 Å². The number of amides is 1. The Kier molecular flexibility index (Phi) is 6.86. The van der Waals surface area contributed by atoms with E-state index in [0.29, 0.717) is 25.2 Å². The molecule has 122 valence electrons. The van der Waals surface area contributed by atoms with Gasteiger partial charge in [-0.05, 0) is 6.54 Å². The molecule has 0 aliphatic rings. The Hall–Kier alpha value is -1.09. The minimum absolute atomic E-state index is 0. The third-order valence-electron chi connectivity index (χ3n) is 2.65. The number of nitrogens with two attached hydrogens (primary N) is 1. The number of halogens is 1. The van der Waals surface area contributed by atoms with E-state index < -0.39 is 0 Å². The van der Waals surface area contributed by atoms with E-state index in [9.17, 15) is 4.79 Å². The molecule has 0 radical (unpaired) electrons. The summed E-state index contributed by atoms with van der Waals surface area (Å²) in [5, 5.41) is 15.5. The highest BCUT2D eigenvalue weighted by atomic mass is 35.5. The maximum absolute atomic E-state index is 12.0. The van der Waals surface area contributed by atoms with Gasteiger partial charge in [0.1, 0.15) is 15.7 Å². The molecule has 0 aromatic carbocycles. The van der Waals surface area contributed by atoms with Gasteiger partial charge >= 0.3 is 0 Å². The minimum Gasteiger partial charge on any atom is -0.344 e. The molecule has 22 heavy (non-hydrogen) atoms. The molecule has 2 rings (SSSR count). The quantitative estimate of drug-likeness (QED) is 0.850. The van der Waals surface area contributed by atoms with E-state index in [1.165, 1.54) is 22.7 Å². The molecule has 2 aromatic rings. The second kappa shape index (κ2) is 7.96. The molecule has 0 saturated carbocycles. The van der Waals surface area contributed by atoms with Crippen LogP contribution in [0.4, 0.5) is 0 Å². The first kappa shape index (κ1) is 19.0. The van der Waals surface area contributed by atoms with Crippen LogP contribution >= 0.6 is 35.1 Å².